The molecule has 0 radical (unpaired) electrons. The Labute approximate surface area is 129 Å². The molecule has 21 heavy (non-hydrogen) atoms. The molecule has 1 aromatic rings. The quantitative estimate of drug-likeness (QED) is 0.847. The maximum atomic E-state index is 14.2. The molecule has 0 spiro atoms. The van der Waals surface area contributed by atoms with Crippen LogP contribution in [0.4, 0.5) is 10.1 Å². The molecule has 1 atom stereocenters. The van der Waals surface area contributed by atoms with E-state index in [1.54, 1.807) is 13.0 Å². The normalized spacial score (nSPS) is 16.6. The van der Waals surface area contributed by atoms with E-state index in [1.165, 1.54) is 6.07 Å². The molecule has 2 rings (SSSR count). The van der Waals surface area contributed by atoms with E-state index in [1.807, 2.05) is 11.0 Å². The second-order valence-electron chi connectivity index (χ2n) is 5.16. The minimum Gasteiger partial charge on any atom is -0.378 e. The van der Waals surface area contributed by atoms with Gasteiger partial charge in [0, 0.05) is 31.4 Å². The highest BCUT2D eigenvalue weighted by Crippen LogP contribution is 2.21. The highest BCUT2D eigenvalue weighted by Gasteiger charge is 2.16. The minimum atomic E-state index is -0.269. The predicted molar refractivity (Wildman–Crippen MR) is 81.2 cm³/mol. The number of benzene rings is 1. The average molecular weight is 315 g/mol. The summed E-state index contributed by atoms with van der Waals surface area (Å²) in [5.41, 5.74) is 1.32. The third kappa shape index (κ3) is 4.32. The van der Waals surface area contributed by atoms with Crippen molar-refractivity contribution in [2.45, 2.75) is 13.5 Å². The molecule has 1 amide bonds. The van der Waals surface area contributed by atoms with Crippen molar-refractivity contribution < 1.29 is 13.9 Å². The first-order valence-corrected chi connectivity index (χ1v) is 7.60. The fourth-order valence-electron chi connectivity index (χ4n) is 2.15. The summed E-state index contributed by atoms with van der Waals surface area (Å²) in [6.45, 7) is 4.69. The van der Waals surface area contributed by atoms with Gasteiger partial charge in [0.05, 0.1) is 18.9 Å². The number of carbonyl (C=O) groups excluding carboxylic acids is 1. The summed E-state index contributed by atoms with van der Waals surface area (Å²) in [5, 5.41) is 2.75. The molecule has 1 fully saturated rings. The summed E-state index contributed by atoms with van der Waals surface area (Å²) in [6.07, 6.45) is 0. The number of amides is 1. The molecule has 0 aliphatic carbocycles. The van der Waals surface area contributed by atoms with Crippen LogP contribution in [0.5, 0.6) is 0 Å². The first kappa shape index (κ1) is 16.0. The molecule has 116 valence electrons. The molecule has 1 N–H and O–H groups in total. The molecule has 1 heterocycles. The van der Waals surface area contributed by atoms with Gasteiger partial charge in [-0.25, -0.2) is 4.39 Å². The third-order valence-corrected chi connectivity index (χ3v) is 3.97. The van der Waals surface area contributed by atoms with E-state index in [-0.39, 0.29) is 23.5 Å². The molecule has 0 saturated carbocycles. The second kappa shape index (κ2) is 7.61. The summed E-state index contributed by atoms with van der Waals surface area (Å²) in [4.78, 5) is 13.6. The van der Waals surface area contributed by atoms with E-state index in [9.17, 15) is 9.18 Å². The third-order valence-electron chi connectivity index (χ3n) is 3.51. The van der Waals surface area contributed by atoms with Gasteiger partial charge < -0.3 is 15.0 Å². The number of nitrogens with one attached hydrogen (secondary N) is 1. The summed E-state index contributed by atoms with van der Waals surface area (Å²) in [7, 11) is 0. The lowest BCUT2D eigenvalue weighted by Gasteiger charge is -2.29. The van der Waals surface area contributed by atoms with Gasteiger partial charge in [-0.1, -0.05) is 13.0 Å². The van der Waals surface area contributed by atoms with Crippen molar-refractivity contribution in [3.05, 3.63) is 29.6 Å². The Kier molecular flexibility index (Phi) is 5.82. The van der Waals surface area contributed by atoms with Crippen molar-refractivity contribution in [2.24, 2.45) is 5.92 Å². The van der Waals surface area contributed by atoms with Crippen LogP contribution >= 0.6 is 11.6 Å². The summed E-state index contributed by atoms with van der Waals surface area (Å²) in [5.74, 6) is -0.364. The van der Waals surface area contributed by atoms with E-state index >= 15 is 0 Å². The Balaban J connectivity index is 1.97. The topological polar surface area (TPSA) is 41.6 Å². The molecule has 1 aromatic carbocycles. The number of hydrogen-bond acceptors (Lipinski definition) is 3. The van der Waals surface area contributed by atoms with Crippen LogP contribution in [0.3, 0.4) is 0 Å². The predicted octanol–water partition coefficient (Wildman–Crippen LogP) is 2.15. The lowest BCUT2D eigenvalue weighted by Crippen LogP contribution is -2.36. The van der Waals surface area contributed by atoms with Gasteiger partial charge in [-0.2, -0.15) is 0 Å². The van der Waals surface area contributed by atoms with Gasteiger partial charge in [-0.05, 0) is 17.7 Å². The number of nitrogens with zero attached hydrogens (tertiary/aromatic N) is 1. The summed E-state index contributed by atoms with van der Waals surface area (Å²) in [6, 6.07) is 5.06. The van der Waals surface area contributed by atoms with E-state index in [2.05, 4.69) is 5.32 Å². The zero-order valence-corrected chi connectivity index (χ0v) is 12.8. The second-order valence-corrected chi connectivity index (χ2v) is 5.47. The van der Waals surface area contributed by atoms with Crippen LogP contribution in [0, 0.1) is 11.7 Å². The lowest BCUT2D eigenvalue weighted by atomic mass is 10.1. The number of anilines is 1. The largest absolute Gasteiger partial charge is 0.378 e. The fraction of sp³-hybridized carbons (Fsp3) is 0.533. The molecule has 4 nitrogen and oxygen atoms in total. The molecule has 1 unspecified atom stereocenters. The van der Waals surface area contributed by atoms with Crippen molar-refractivity contribution in [1.82, 2.24) is 5.32 Å². The van der Waals surface area contributed by atoms with Crippen molar-refractivity contribution in [1.29, 1.82) is 0 Å². The standard InChI is InChI=1S/C15H20ClFN2O2/c1-11(9-16)15(20)18-10-12-2-3-14(13(17)8-12)19-4-6-21-7-5-19/h2-3,8,11H,4-7,9-10H2,1H3,(H,18,20). The monoisotopic (exact) mass is 314 g/mol. The van der Waals surface area contributed by atoms with Gasteiger partial charge in [0.2, 0.25) is 5.91 Å². The smallest absolute Gasteiger partial charge is 0.224 e. The average Bonchev–Trinajstić information content (AvgIpc) is 2.52. The van der Waals surface area contributed by atoms with Crippen LogP contribution in [-0.2, 0) is 16.1 Å². The number of carbonyl (C=O) groups is 1. The zero-order chi connectivity index (χ0) is 15.2. The Morgan fingerprint density at radius 1 is 1.48 bits per heavy atom. The lowest BCUT2D eigenvalue weighted by molar-refractivity contribution is -0.124. The first-order valence-electron chi connectivity index (χ1n) is 7.06. The Hall–Kier alpha value is -1.33. The summed E-state index contributed by atoms with van der Waals surface area (Å²) < 4.78 is 19.4. The van der Waals surface area contributed by atoms with E-state index in [0.717, 1.165) is 5.56 Å². The van der Waals surface area contributed by atoms with Gasteiger partial charge in [-0.15, -0.1) is 11.6 Å². The van der Waals surface area contributed by atoms with Gasteiger partial charge in [0.15, 0.2) is 0 Å². The molecule has 1 aliphatic heterocycles. The maximum absolute atomic E-state index is 14.2. The van der Waals surface area contributed by atoms with Crippen LogP contribution in [0.1, 0.15) is 12.5 Å². The number of halogens is 2. The van der Waals surface area contributed by atoms with Crippen molar-refractivity contribution >= 4 is 23.2 Å². The summed E-state index contributed by atoms with van der Waals surface area (Å²) >= 11 is 5.62. The number of ether oxygens (including phenoxy) is 1. The SMILES string of the molecule is CC(CCl)C(=O)NCc1ccc(N2CCOCC2)c(F)c1. The maximum Gasteiger partial charge on any atom is 0.224 e. The Morgan fingerprint density at radius 3 is 2.81 bits per heavy atom. The molecule has 0 aromatic heterocycles. The van der Waals surface area contributed by atoms with Crippen LogP contribution < -0.4 is 10.2 Å². The minimum absolute atomic E-state index is 0.123. The number of hydrogen-bond donors (Lipinski definition) is 1. The molecule has 1 saturated heterocycles. The Bertz CT molecular complexity index is 493. The Morgan fingerprint density at radius 2 is 2.19 bits per heavy atom. The van der Waals surface area contributed by atoms with Crippen LogP contribution in [0.25, 0.3) is 0 Å². The number of alkyl halides is 1. The fourth-order valence-corrected chi connectivity index (χ4v) is 2.29. The highest BCUT2D eigenvalue weighted by molar-refractivity contribution is 6.19. The van der Waals surface area contributed by atoms with Crippen molar-refractivity contribution in [3.63, 3.8) is 0 Å². The highest BCUT2D eigenvalue weighted by atomic mass is 35.5. The molecule has 1 aliphatic rings. The molecule has 6 heteroatoms. The number of rotatable bonds is 5. The van der Waals surface area contributed by atoms with Crippen LogP contribution in [-0.4, -0.2) is 38.1 Å². The van der Waals surface area contributed by atoms with E-state index in [4.69, 9.17) is 16.3 Å². The van der Waals surface area contributed by atoms with Crippen LogP contribution in [0.2, 0.25) is 0 Å². The van der Waals surface area contributed by atoms with Crippen molar-refractivity contribution in [3.8, 4) is 0 Å². The van der Waals surface area contributed by atoms with E-state index in [0.29, 0.717) is 38.5 Å². The van der Waals surface area contributed by atoms with Crippen molar-refractivity contribution in [2.75, 3.05) is 37.1 Å². The van der Waals surface area contributed by atoms with Gasteiger partial charge >= 0.3 is 0 Å². The number of morpholine rings is 1. The molecule has 0 bridgehead atoms. The van der Waals surface area contributed by atoms with Gasteiger partial charge in [0.1, 0.15) is 5.82 Å². The molecular formula is C15H20ClFN2O2. The van der Waals surface area contributed by atoms with E-state index < -0.39 is 0 Å². The van der Waals surface area contributed by atoms with Gasteiger partial charge in [-0.3, -0.25) is 4.79 Å². The first-order chi connectivity index (χ1) is 10.1. The zero-order valence-electron chi connectivity index (χ0n) is 12.1. The molecular weight excluding hydrogens is 295 g/mol. The van der Waals surface area contributed by atoms with Crippen LogP contribution in [0.15, 0.2) is 18.2 Å². The van der Waals surface area contributed by atoms with Gasteiger partial charge in [0.25, 0.3) is 0 Å².